The van der Waals surface area contributed by atoms with Gasteiger partial charge in [0.05, 0.1) is 16.5 Å². The lowest BCUT2D eigenvalue weighted by atomic mass is 9.49. The van der Waals surface area contributed by atoms with Crippen LogP contribution in [0, 0.1) is 23.2 Å². The van der Waals surface area contributed by atoms with Crippen LogP contribution in [0.5, 0.6) is 0 Å². The molecule has 1 aromatic rings. The van der Waals surface area contributed by atoms with E-state index >= 15 is 0 Å². The molecule has 33 heavy (non-hydrogen) atoms. The minimum Gasteiger partial charge on any atom is -0.339 e. The zero-order chi connectivity index (χ0) is 22.9. The van der Waals surface area contributed by atoms with E-state index in [9.17, 15) is 19.2 Å². The largest absolute Gasteiger partial charge is 0.339 e. The summed E-state index contributed by atoms with van der Waals surface area (Å²) in [6, 6.07) is 5.84. The molecular formula is C26H31N3O4. The smallest absolute Gasteiger partial charge is 0.262 e. The van der Waals surface area contributed by atoms with Crippen molar-refractivity contribution in [1.29, 1.82) is 0 Å². The van der Waals surface area contributed by atoms with E-state index in [4.69, 9.17) is 0 Å². The number of hydrogen-bond acceptors (Lipinski definition) is 4. The molecule has 1 atom stereocenters. The fourth-order valence-corrected chi connectivity index (χ4v) is 7.77. The van der Waals surface area contributed by atoms with E-state index in [1.54, 1.807) is 36.1 Å². The molecule has 0 aromatic heterocycles. The molecule has 7 heteroatoms. The van der Waals surface area contributed by atoms with Crippen molar-refractivity contribution in [1.82, 2.24) is 14.7 Å². The standard InChI is InChI=1S/C26H31N3O4/c1-16(29-23(31)20-4-2-3-5-21(20)24(29)32)22(30)27-6-8-28(9-7-27)25(33)26-13-17-10-18(14-26)12-19(11-17)15-26/h2-5,16-19H,6-15H2,1H3. The number of rotatable bonds is 3. The van der Waals surface area contributed by atoms with Crippen molar-refractivity contribution in [2.24, 2.45) is 23.2 Å². The van der Waals surface area contributed by atoms with Crippen molar-refractivity contribution >= 4 is 23.6 Å². The van der Waals surface area contributed by atoms with E-state index in [1.807, 2.05) is 4.90 Å². The molecule has 0 spiro atoms. The van der Waals surface area contributed by atoms with Crippen molar-refractivity contribution in [2.75, 3.05) is 26.2 Å². The molecule has 7 rings (SSSR count). The summed E-state index contributed by atoms with van der Waals surface area (Å²) in [6.07, 6.45) is 7.08. The number of imide groups is 1. The highest BCUT2D eigenvalue weighted by Gasteiger charge is 2.55. The zero-order valence-corrected chi connectivity index (χ0v) is 19.2. The lowest BCUT2D eigenvalue weighted by molar-refractivity contribution is -0.160. The molecular weight excluding hydrogens is 418 g/mol. The third kappa shape index (κ3) is 3.15. The van der Waals surface area contributed by atoms with Crippen LogP contribution >= 0.6 is 0 Å². The molecule has 2 aliphatic heterocycles. The van der Waals surface area contributed by atoms with Gasteiger partial charge in [0.2, 0.25) is 11.8 Å². The first-order valence-corrected chi connectivity index (χ1v) is 12.4. The molecule has 174 valence electrons. The normalized spacial score (nSPS) is 33.5. The van der Waals surface area contributed by atoms with Gasteiger partial charge in [-0.05, 0) is 75.3 Å². The third-order valence-electron chi connectivity index (χ3n) is 8.94. The predicted octanol–water partition coefficient (Wildman–Crippen LogP) is 2.56. The average Bonchev–Trinajstić information content (AvgIpc) is 3.07. The summed E-state index contributed by atoms with van der Waals surface area (Å²) in [5.74, 6) is 1.43. The Hall–Kier alpha value is -2.70. The molecule has 6 aliphatic rings. The Morgan fingerprint density at radius 2 is 1.27 bits per heavy atom. The van der Waals surface area contributed by atoms with E-state index in [1.165, 1.54) is 19.3 Å². The Labute approximate surface area is 194 Å². The lowest BCUT2D eigenvalue weighted by Gasteiger charge is -2.57. The summed E-state index contributed by atoms with van der Waals surface area (Å²) < 4.78 is 0. The second kappa shape index (κ2) is 7.40. The van der Waals surface area contributed by atoms with Crippen LogP contribution in [-0.4, -0.2) is 70.5 Å². The molecule has 4 saturated carbocycles. The Balaban J connectivity index is 1.10. The lowest BCUT2D eigenvalue weighted by Crippen LogP contribution is -2.60. The van der Waals surface area contributed by atoms with Crippen LogP contribution in [0.3, 0.4) is 0 Å². The zero-order valence-electron chi connectivity index (χ0n) is 19.2. The minimum absolute atomic E-state index is 0.158. The van der Waals surface area contributed by atoms with Gasteiger partial charge >= 0.3 is 0 Å². The first-order valence-electron chi connectivity index (χ1n) is 12.4. The first-order chi connectivity index (χ1) is 15.9. The predicted molar refractivity (Wildman–Crippen MR) is 120 cm³/mol. The van der Waals surface area contributed by atoms with Crippen LogP contribution in [0.1, 0.15) is 66.2 Å². The summed E-state index contributed by atoms with van der Waals surface area (Å²) in [5.41, 5.74) is 0.551. The van der Waals surface area contributed by atoms with E-state index < -0.39 is 17.9 Å². The number of piperazine rings is 1. The van der Waals surface area contributed by atoms with Crippen LogP contribution in [0.4, 0.5) is 0 Å². The fraction of sp³-hybridized carbons (Fsp3) is 0.615. The van der Waals surface area contributed by atoms with Gasteiger partial charge in [-0.25, -0.2) is 0 Å². The summed E-state index contributed by atoms with van der Waals surface area (Å²) >= 11 is 0. The Bertz CT molecular complexity index is 971. The highest BCUT2D eigenvalue weighted by molar-refractivity contribution is 6.22. The Kier molecular flexibility index (Phi) is 4.68. The molecule has 1 saturated heterocycles. The van der Waals surface area contributed by atoms with Crippen molar-refractivity contribution in [3.63, 3.8) is 0 Å². The average molecular weight is 450 g/mol. The van der Waals surface area contributed by atoms with Gasteiger partial charge in [-0.1, -0.05) is 12.1 Å². The van der Waals surface area contributed by atoms with E-state index in [-0.39, 0.29) is 11.3 Å². The number of carbonyl (C=O) groups is 4. The number of hydrogen-bond donors (Lipinski definition) is 0. The second-order valence-electron chi connectivity index (χ2n) is 11.0. The SMILES string of the molecule is CC(C(=O)N1CCN(C(=O)C23CC4CC(CC(C4)C2)C3)CC1)N1C(=O)c2ccccc2C1=O. The van der Waals surface area contributed by atoms with E-state index in [0.717, 1.165) is 41.9 Å². The van der Waals surface area contributed by atoms with Gasteiger partial charge in [-0.2, -0.15) is 0 Å². The Morgan fingerprint density at radius 3 is 1.76 bits per heavy atom. The van der Waals surface area contributed by atoms with Crippen LogP contribution in [0.25, 0.3) is 0 Å². The van der Waals surface area contributed by atoms with Crippen molar-refractivity contribution in [3.8, 4) is 0 Å². The highest BCUT2D eigenvalue weighted by atomic mass is 16.2. The topological polar surface area (TPSA) is 78.0 Å². The summed E-state index contributed by atoms with van der Waals surface area (Å²) in [5, 5.41) is 0. The van der Waals surface area contributed by atoms with Gasteiger partial charge in [0.1, 0.15) is 6.04 Å². The molecule has 2 heterocycles. The number of benzene rings is 1. The molecule has 4 bridgehead atoms. The van der Waals surface area contributed by atoms with Crippen LogP contribution in [-0.2, 0) is 9.59 Å². The maximum absolute atomic E-state index is 13.6. The number of nitrogens with zero attached hydrogens (tertiary/aromatic N) is 3. The molecule has 0 N–H and O–H groups in total. The number of amides is 4. The number of fused-ring (bicyclic) bond motifs is 1. The first kappa shape index (κ1) is 20.9. The fourth-order valence-electron chi connectivity index (χ4n) is 7.77. The highest BCUT2D eigenvalue weighted by Crippen LogP contribution is 2.60. The molecule has 5 fully saturated rings. The molecule has 1 aromatic carbocycles. The van der Waals surface area contributed by atoms with Crippen LogP contribution < -0.4 is 0 Å². The molecule has 1 unspecified atom stereocenters. The van der Waals surface area contributed by atoms with Gasteiger partial charge in [0.15, 0.2) is 0 Å². The summed E-state index contributed by atoms with van der Waals surface area (Å²) in [4.78, 5) is 57.1. The third-order valence-corrected chi connectivity index (χ3v) is 8.94. The Morgan fingerprint density at radius 1 is 0.818 bits per heavy atom. The van der Waals surface area contributed by atoms with Crippen molar-refractivity contribution in [2.45, 2.75) is 51.5 Å². The molecule has 0 radical (unpaired) electrons. The maximum Gasteiger partial charge on any atom is 0.262 e. The van der Waals surface area contributed by atoms with Gasteiger partial charge in [-0.15, -0.1) is 0 Å². The summed E-state index contributed by atoms with van der Waals surface area (Å²) in [6.45, 7) is 3.58. The molecule has 4 amide bonds. The van der Waals surface area contributed by atoms with Gasteiger partial charge < -0.3 is 9.80 Å². The van der Waals surface area contributed by atoms with E-state index in [0.29, 0.717) is 43.2 Å². The van der Waals surface area contributed by atoms with Crippen LogP contribution in [0.15, 0.2) is 24.3 Å². The second-order valence-corrected chi connectivity index (χ2v) is 11.0. The van der Waals surface area contributed by atoms with Gasteiger partial charge in [-0.3, -0.25) is 24.1 Å². The van der Waals surface area contributed by atoms with Crippen LogP contribution in [0.2, 0.25) is 0 Å². The summed E-state index contributed by atoms with van der Waals surface area (Å²) in [7, 11) is 0. The molecule has 4 aliphatic carbocycles. The van der Waals surface area contributed by atoms with Gasteiger partial charge in [0.25, 0.3) is 11.8 Å². The molecule has 7 nitrogen and oxygen atoms in total. The van der Waals surface area contributed by atoms with Crippen molar-refractivity contribution in [3.05, 3.63) is 35.4 Å². The van der Waals surface area contributed by atoms with Crippen molar-refractivity contribution < 1.29 is 19.2 Å². The number of carbonyl (C=O) groups excluding carboxylic acids is 4. The quantitative estimate of drug-likeness (QED) is 0.665. The maximum atomic E-state index is 13.6. The monoisotopic (exact) mass is 449 g/mol. The van der Waals surface area contributed by atoms with E-state index in [2.05, 4.69) is 0 Å². The minimum atomic E-state index is -0.859. The van der Waals surface area contributed by atoms with Gasteiger partial charge in [0, 0.05) is 26.2 Å².